The summed E-state index contributed by atoms with van der Waals surface area (Å²) in [5.41, 5.74) is -0.493. The van der Waals surface area contributed by atoms with Crippen LogP contribution in [0.2, 0.25) is 0 Å². The second-order valence-corrected chi connectivity index (χ2v) is 5.43. The lowest BCUT2D eigenvalue weighted by Crippen LogP contribution is -2.34. The molecule has 0 aliphatic rings. The maximum Gasteiger partial charge on any atom is 0.259 e. The van der Waals surface area contributed by atoms with Gasteiger partial charge >= 0.3 is 0 Å². The van der Waals surface area contributed by atoms with E-state index in [0.717, 1.165) is 18.6 Å². The van der Waals surface area contributed by atoms with Crippen molar-refractivity contribution >= 4 is 37.8 Å². The molecule has 2 nitrogen and oxygen atoms in total. The van der Waals surface area contributed by atoms with Crippen molar-refractivity contribution in [3.63, 3.8) is 0 Å². The Morgan fingerprint density at radius 1 is 1.28 bits per heavy atom. The minimum Gasteiger partial charge on any atom is -0.338 e. The molecule has 1 amide bonds. The Morgan fingerprint density at radius 2 is 1.83 bits per heavy atom. The first kappa shape index (κ1) is 15.6. The zero-order chi connectivity index (χ0) is 13.7. The highest BCUT2D eigenvalue weighted by Crippen LogP contribution is 2.21. The largest absolute Gasteiger partial charge is 0.338 e. The normalized spacial score (nSPS) is 10.5. The second kappa shape index (κ2) is 7.19. The van der Waals surface area contributed by atoms with Gasteiger partial charge in [0.2, 0.25) is 0 Å². The third-order valence-electron chi connectivity index (χ3n) is 2.36. The molecule has 1 aromatic carbocycles. The molecular formula is C12H13Br2F2NO. The molecule has 0 bridgehead atoms. The van der Waals surface area contributed by atoms with Gasteiger partial charge in [-0.1, -0.05) is 38.8 Å². The lowest BCUT2D eigenvalue weighted by Gasteiger charge is -2.21. The Hall–Kier alpha value is -0.490. The van der Waals surface area contributed by atoms with Crippen LogP contribution in [0, 0.1) is 11.6 Å². The molecule has 0 aliphatic heterocycles. The minimum atomic E-state index is -0.845. The van der Waals surface area contributed by atoms with Crippen molar-refractivity contribution in [2.75, 3.05) is 18.4 Å². The summed E-state index contributed by atoms with van der Waals surface area (Å²) in [4.78, 5) is 13.5. The number of benzene rings is 1. The fourth-order valence-electron chi connectivity index (χ4n) is 1.59. The number of carbonyl (C=O) groups is 1. The van der Waals surface area contributed by atoms with Crippen LogP contribution in [0.5, 0.6) is 0 Å². The second-order valence-electron chi connectivity index (χ2n) is 3.73. The molecular weight excluding hydrogens is 372 g/mol. The van der Waals surface area contributed by atoms with Crippen molar-refractivity contribution in [2.45, 2.75) is 13.3 Å². The van der Waals surface area contributed by atoms with Crippen LogP contribution in [0.25, 0.3) is 0 Å². The average Bonchev–Trinajstić information content (AvgIpc) is 2.27. The topological polar surface area (TPSA) is 20.3 Å². The number of hydrogen-bond acceptors (Lipinski definition) is 1. The van der Waals surface area contributed by atoms with Gasteiger partial charge in [-0.3, -0.25) is 4.79 Å². The number of rotatable bonds is 5. The third kappa shape index (κ3) is 3.75. The summed E-state index contributed by atoms with van der Waals surface area (Å²) in [5.74, 6) is -2.30. The van der Waals surface area contributed by atoms with Crippen LogP contribution < -0.4 is 0 Å². The van der Waals surface area contributed by atoms with E-state index in [9.17, 15) is 13.6 Å². The summed E-state index contributed by atoms with van der Waals surface area (Å²) in [6.45, 7) is 2.80. The van der Waals surface area contributed by atoms with E-state index in [4.69, 9.17) is 0 Å². The van der Waals surface area contributed by atoms with E-state index >= 15 is 0 Å². The fraction of sp³-hybridized carbons (Fsp3) is 0.417. The van der Waals surface area contributed by atoms with Crippen molar-refractivity contribution in [2.24, 2.45) is 0 Å². The Morgan fingerprint density at radius 3 is 2.28 bits per heavy atom. The molecule has 1 rings (SSSR count). The number of hydrogen-bond donors (Lipinski definition) is 0. The average molecular weight is 385 g/mol. The molecule has 100 valence electrons. The monoisotopic (exact) mass is 383 g/mol. The molecule has 0 heterocycles. The molecule has 0 aromatic heterocycles. The number of amides is 1. The van der Waals surface area contributed by atoms with Crippen molar-refractivity contribution in [3.8, 4) is 0 Å². The lowest BCUT2D eigenvalue weighted by molar-refractivity contribution is 0.0756. The molecule has 6 heteroatoms. The van der Waals surface area contributed by atoms with E-state index in [0.29, 0.717) is 18.4 Å². The van der Waals surface area contributed by atoms with Crippen LogP contribution in [0.1, 0.15) is 23.7 Å². The molecule has 0 atom stereocenters. The Bertz CT molecular complexity index is 411. The summed E-state index contributed by atoms with van der Waals surface area (Å²) in [5, 5.41) is 0.568. The van der Waals surface area contributed by atoms with Gasteiger partial charge in [0, 0.05) is 22.9 Å². The van der Waals surface area contributed by atoms with Gasteiger partial charge in [-0.15, -0.1) is 0 Å². The first-order chi connectivity index (χ1) is 8.51. The highest BCUT2D eigenvalue weighted by molar-refractivity contribution is 9.10. The SMILES string of the molecule is CCCN(CCBr)C(=O)c1c(F)cc(Br)cc1F. The summed E-state index contributed by atoms with van der Waals surface area (Å²) in [6.07, 6.45) is 0.735. The van der Waals surface area contributed by atoms with E-state index < -0.39 is 23.1 Å². The molecule has 1 aromatic rings. The van der Waals surface area contributed by atoms with Crippen LogP contribution >= 0.6 is 31.9 Å². The molecule has 18 heavy (non-hydrogen) atoms. The van der Waals surface area contributed by atoms with E-state index in [-0.39, 0.29) is 4.47 Å². The first-order valence-corrected chi connectivity index (χ1v) is 7.42. The molecule has 0 N–H and O–H groups in total. The van der Waals surface area contributed by atoms with Crippen LogP contribution in [-0.2, 0) is 0 Å². The Balaban J connectivity index is 3.08. The summed E-state index contributed by atoms with van der Waals surface area (Å²) in [7, 11) is 0. The van der Waals surface area contributed by atoms with Crippen molar-refractivity contribution in [3.05, 3.63) is 33.8 Å². The van der Waals surface area contributed by atoms with Gasteiger partial charge < -0.3 is 4.90 Å². The van der Waals surface area contributed by atoms with Gasteiger partial charge in [-0.25, -0.2) is 8.78 Å². The first-order valence-electron chi connectivity index (χ1n) is 5.51. The fourth-order valence-corrected chi connectivity index (χ4v) is 2.42. The van der Waals surface area contributed by atoms with E-state index in [1.807, 2.05) is 6.92 Å². The van der Waals surface area contributed by atoms with Crippen LogP contribution in [0.4, 0.5) is 8.78 Å². The number of halogens is 4. The lowest BCUT2D eigenvalue weighted by atomic mass is 10.1. The quantitative estimate of drug-likeness (QED) is 0.703. The van der Waals surface area contributed by atoms with Crippen LogP contribution in [-0.4, -0.2) is 29.2 Å². The van der Waals surface area contributed by atoms with E-state index in [1.165, 1.54) is 4.90 Å². The highest BCUT2D eigenvalue weighted by Gasteiger charge is 2.22. The Kier molecular flexibility index (Phi) is 6.21. The molecule has 0 fully saturated rings. The van der Waals surface area contributed by atoms with Gasteiger partial charge in [-0.2, -0.15) is 0 Å². The molecule has 0 unspecified atom stereocenters. The summed E-state index contributed by atoms with van der Waals surface area (Å²) in [6, 6.07) is 2.18. The van der Waals surface area contributed by atoms with Crippen LogP contribution in [0.3, 0.4) is 0 Å². The maximum atomic E-state index is 13.7. The predicted octanol–water partition coefficient (Wildman–Crippen LogP) is 3.97. The molecule has 0 aliphatic carbocycles. The number of alkyl halides is 1. The number of nitrogens with zero attached hydrogens (tertiary/aromatic N) is 1. The number of carbonyl (C=O) groups excluding carboxylic acids is 1. The minimum absolute atomic E-state index is 0.275. The zero-order valence-corrected chi connectivity index (χ0v) is 13.0. The summed E-state index contributed by atoms with van der Waals surface area (Å²) >= 11 is 6.20. The van der Waals surface area contributed by atoms with Gasteiger partial charge in [0.1, 0.15) is 17.2 Å². The van der Waals surface area contributed by atoms with Crippen LogP contribution in [0.15, 0.2) is 16.6 Å². The molecule has 0 spiro atoms. The van der Waals surface area contributed by atoms with Crippen molar-refractivity contribution in [1.29, 1.82) is 0 Å². The summed E-state index contributed by atoms with van der Waals surface area (Å²) < 4.78 is 27.6. The van der Waals surface area contributed by atoms with E-state index in [2.05, 4.69) is 31.9 Å². The van der Waals surface area contributed by atoms with Gasteiger partial charge in [0.05, 0.1) is 0 Å². The van der Waals surface area contributed by atoms with Gasteiger partial charge in [0.25, 0.3) is 5.91 Å². The predicted molar refractivity (Wildman–Crippen MR) is 74.0 cm³/mol. The van der Waals surface area contributed by atoms with Gasteiger partial charge in [0.15, 0.2) is 0 Å². The van der Waals surface area contributed by atoms with Gasteiger partial charge in [-0.05, 0) is 18.6 Å². The third-order valence-corrected chi connectivity index (χ3v) is 3.17. The van der Waals surface area contributed by atoms with Crippen molar-refractivity contribution in [1.82, 2.24) is 4.90 Å². The smallest absolute Gasteiger partial charge is 0.259 e. The standard InChI is InChI=1S/C12H13Br2F2NO/c1-2-4-17(5-3-13)12(18)11-9(15)6-8(14)7-10(11)16/h6-7H,2-5H2,1H3. The maximum absolute atomic E-state index is 13.7. The highest BCUT2D eigenvalue weighted by atomic mass is 79.9. The Labute approximate surface area is 122 Å². The molecule has 0 radical (unpaired) electrons. The molecule has 0 saturated carbocycles. The van der Waals surface area contributed by atoms with Crippen molar-refractivity contribution < 1.29 is 13.6 Å². The molecule has 0 saturated heterocycles. The van der Waals surface area contributed by atoms with E-state index in [1.54, 1.807) is 0 Å². The zero-order valence-electron chi connectivity index (χ0n) is 9.85.